The molecule has 0 aliphatic heterocycles. The highest BCUT2D eigenvalue weighted by Gasteiger charge is 2.25. The van der Waals surface area contributed by atoms with E-state index in [0.717, 1.165) is 27.6 Å². The standard InChI is InChI=1S/C26H21Cl2NO3/c1-14(2)24-20-8-6-17(16-5-3-4-15(10-16)11-23(29)30)12-22(20)32-26(24)25(31)19-9-7-18(27)13-21(19)28/h3-10,12-14H,11H2,1-2H3,(H2,29,30). The number of hydrogen-bond donors (Lipinski definition) is 1. The molecule has 32 heavy (non-hydrogen) atoms. The number of halogens is 2. The summed E-state index contributed by atoms with van der Waals surface area (Å²) in [6, 6.07) is 18.3. The highest BCUT2D eigenvalue weighted by atomic mass is 35.5. The van der Waals surface area contributed by atoms with E-state index >= 15 is 0 Å². The fraction of sp³-hybridized carbons (Fsp3) is 0.154. The van der Waals surface area contributed by atoms with Crippen LogP contribution in [0.2, 0.25) is 10.0 Å². The number of primary amides is 1. The summed E-state index contributed by atoms with van der Waals surface area (Å²) < 4.78 is 6.10. The normalized spacial score (nSPS) is 11.3. The van der Waals surface area contributed by atoms with Crippen molar-refractivity contribution in [3.63, 3.8) is 0 Å². The van der Waals surface area contributed by atoms with Crippen molar-refractivity contribution in [2.24, 2.45) is 5.73 Å². The molecule has 0 saturated heterocycles. The van der Waals surface area contributed by atoms with Crippen LogP contribution >= 0.6 is 23.2 Å². The maximum absolute atomic E-state index is 13.3. The van der Waals surface area contributed by atoms with Crippen LogP contribution < -0.4 is 5.73 Å². The zero-order chi connectivity index (χ0) is 23.0. The molecule has 0 atom stereocenters. The van der Waals surface area contributed by atoms with Crippen molar-refractivity contribution in [2.75, 3.05) is 0 Å². The number of nitrogens with two attached hydrogens (primary N) is 1. The van der Waals surface area contributed by atoms with Gasteiger partial charge in [-0.15, -0.1) is 0 Å². The molecular formula is C26H21Cl2NO3. The second-order valence-corrected chi connectivity index (χ2v) is 8.85. The molecule has 0 bridgehead atoms. The summed E-state index contributed by atoms with van der Waals surface area (Å²) in [5.74, 6) is -0.323. The molecule has 162 valence electrons. The lowest BCUT2D eigenvalue weighted by Crippen LogP contribution is -2.13. The maximum atomic E-state index is 13.3. The van der Waals surface area contributed by atoms with Crippen molar-refractivity contribution in [3.05, 3.63) is 93.2 Å². The monoisotopic (exact) mass is 465 g/mol. The summed E-state index contributed by atoms with van der Waals surface area (Å²) in [5, 5.41) is 1.62. The van der Waals surface area contributed by atoms with Crippen LogP contribution in [-0.2, 0) is 11.2 Å². The van der Waals surface area contributed by atoms with Crippen molar-refractivity contribution in [1.82, 2.24) is 0 Å². The number of furan rings is 1. The van der Waals surface area contributed by atoms with Gasteiger partial charge in [-0.25, -0.2) is 0 Å². The van der Waals surface area contributed by atoms with Crippen LogP contribution in [0.1, 0.15) is 47.0 Å². The number of fused-ring (bicyclic) bond motifs is 1. The summed E-state index contributed by atoms with van der Waals surface area (Å²) in [4.78, 5) is 24.6. The molecule has 6 heteroatoms. The van der Waals surface area contributed by atoms with E-state index in [-0.39, 0.29) is 34.8 Å². The van der Waals surface area contributed by atoms with Gasteiger partial charge in [-0.3, -0.25) is 9.59 Å². The van der Waals surface area contributed by atoms with Gasteiger partial charge < -0.3 is 10.2 Å². The van der Waals surface area contributed by atoms with E-state index in [1.54, 1.807) is 18.2 Å². The largest absolute Gasteiger partial charge is 0.452 e. The summed E-state index contributed by atoms with van der Waals surface area (Å²) in [6.45, 7) is 4.04. The molecule has 4 rings (SSSR count). The van der Waals surface area contributed by atoms with Crippen molar-refractivity contribution in [1.29, 1.82) is 0 Å². The number of amides is 1. The molecule has 0 unspecified atom stereocenters. The third kappa shape index (κ3) is 4.29. The van der Waals surface area contributed by atoms with E-state index in [1.165, 1.54) is 0 Å². The Morgan fingerprint density at radius 3 is 2.41 bits per heavy atom. The number of carbonyl (C=O) groups is 2. The fourth-order valence-corrected chi connectivity index (χ4v) is 4.39. The lowest BCUT2D eigenvalue weighted by Gasteiger charge is -2.08. The van der Waals surface area contributed by atoms with Gasteiger partial charge in [0.25, 0.3) is 0 Å². The molecular weight excluding hydrogens is 445 g/mol. The Kier molecular flexibility index (Phi) is 6.09. The average molecular weight is 466 g/mol. The predicted octanol–water partition coefficient (Wildman–Crippen LogP) is 6.79. The molecule has 0 aliphatic carbocycles. The maximum Gasteiger partial charge on any atom is 0.230 e. The number of hydrogen-bond acceptors (Lipinski definition) is 3. The third-order valence-corrected chi connectivity index (χ3v) is 5.87. The molecule has 1 aromatic heterocycles. The zero-order valence-corrected chi connectivity index (χ0v) is 19.1. The third-order valence-electron chi connectivity index (χ3n) is 5.33. The van der Waals surface area contributed by atoms with Crippen molar-refractivity contribution in [2.45, 2.75) is 26.2 Å². The molecule has 0 spiro atoms. The first kappa shape index (κ1) is 22.1. The van der Waals surface area contributed by atoms with Crippen LogP contribution in [0.15, 0.2) is 65.1 Å². The number of rotatable bonds is 6. The lowest BCUT2D eigenvalue weighted by molar-refractivity contribution is -0.117. The van der Waals surface area contributed by atoms with Gasteiger partial charge in [-0.05, 0) is 46.9 Å². The molecule has 3 aromatic carbocycles. The second kappa shape index (κ2) is 8.81. The van der Waals surface area contributed by atoms with Crippen molar-refractivity contribution in [3.8, 4) is 11.1 Å². The average Bonchev–Trinajstić information content (AvgIpc) is 3.12. The minimum atomic E-state index is -0.380. The van der Waals surface area contributed by atoms with E-state index in [1.807, 2.05) is 56.3 Å². The van der Waals surface area contributed by atoms with E-state index < -0.39 is 0 Å². The van der Waals surface area contributed by atoms with Gasteiger partial charge in [0.05, 0.1) is 11.4 Å². The summed E-state index contributed by atoms with van der Waals surface area (Å²) in [7, 11) is 0. The van der Waals surface area contributed by atoms with E-state index in [4.69, 9.17) is 33.4 Å². The molecule has 0 aliphatic rings. The van der Waals surface area contributed by atoms with Crippen LogP contribution in [-0.4, -0.2) is 11.7 Å². The number of ketones is 1. The molecule has 4 nitrogen and oxygen atoms in total. The Labute approximate surface area is 195 Å². The summed E-state index contributed by atoms with van der Waals surface area (Å²) >= 11 is 12.3. The topological polar surface area (TPSA) is 73.3 Å². The predicted molar refractivity (Wildman–Crippen MR) is 129 cm³/mol. The minimum Gasteiger partial charge on any atom is -0.452 e. The first-order valence-corrected chi connectivity index (χ1v) is 10.9. The molecule has 0 radical (unpaired) electrons. The Balaban J connectivity index is 1.82. The molecule has 4 aromatic rings. The Morgan fingerprint density at radius 1 is 0.969 bits per heavy atom. The van der Waals surface area contributed by atoms with E-state index in [2.05, 4.69) is 0 Å². The van der Waals surface area contributed by atoms with Crippen molar-refractivity contribution >= 4 is 45.9 Å². The molecule has 1 amide bonds. The molecule has 2 N–H and O–H groups in total. The van der Waals surface area contributed by atoms with Crippen LogP contribution in [0.25, 0.3) is 22.1 Å². The van der Waals surface area contributed by atoms with Crippen LogP contribution in [0, 0.1) is 0 Å². The van der Waals surface area contributed by atoms with Gasteiger partial charge in [0.15, 0.2) is 5.76 Å². The van der Waals surface area contributed by atoms with Gasteiger partial charge >= 0.3 is 0 Å². The quantitative estimate of drug-likeness (QED) is 0.318. The molecule has 0 fully saturated rings. The second-order valence-electron chi connectivity index (χ2n) is 8.01. The Morgan fingerprint density at radius 2 is 1.72 bits per heavy atom. The summed E-state index contributed by atoms with van der Waals surface area (Å²) in [6.07, 6.45) is 0.175. The van der Waals surface area contributed by atoms with E-state index in [0.29, 0.717) is 16.2 Å². The lowest BCUT2D eigenvalue weighted by atomic mass is 9.94. The zero-order valence-electron chi connectivity index (χ0n) is 17.6. The van der Waals surface area contributed by atoms with Crippen LogP contribution in [0.4, 0.5) is 0 Å². The highest BCUT2D eigenvalue weighted by Crippen LogP contribution is 2.36. The van der Waals surface area contributed by atoms with Gasteiger partial charge in [-0.2, -0.15) is 0 Å². The van der Waals surface area contributed by atoms with Gasteiger partial charge in [-0.1, -0.05) is 73.4 Å². The van der Waals surface area contributed by atoms with Gasteiger partial charge in [0.2, 0.25) is 11.7 Å². The first-order valence-electron chi connectivity index (χ1n) is 10.2. The fourth-order valence-electron chi connectivity index (χ4n) is 3.90. The van der Waals surface area contributed by atoms with Gasteiger partial charge in [0, 0.05) is 21.5 Å². The highest BCUT2D eigenvalue weighted by molar-refractivity contribution is 6.37. The van der Waals surface area contributed by atoms with Crippen molar-refractivity contribution < 1.29 is 14.0 Å². The first-order chi connectivity index (χ1) is 15.2. The minimum absolute atomic E-state index is 0.0611. The Bertz CT molecular complexity index is 1350. The van der Waals surface area contributed by atoms with Crippen LogP contribution in [0.5, 0.6) is 0 Å². The number of carbonyl (C=O) groups excluding carboxylic acids is 2. The Hall–Kier alpha value is -3.08. The molecule has 1 heterocycles. The van der Waals surface area contributed by atoms with E-state index in [9.17, 15) is 9.59 Å². The number of benzene rings is 3. The smallest absolute Gasteiger partial charge is 0.230 e. The summed E-state index contributed by atoms with van der Waals surface area (Å²) in [5.41, 5.74) is 9.80. The van der Waals surface area contributed by atoms with Crippen LogP contribution in [0.3, 0.4) is 0 Å². The molecule has 0 saturated carbocycles. The SMILES string of the molecule is CC(C)c1c(C(=O)c2ccc(Cl)cc2Cl)oc2cc(-c3cccc(CC(N)=O)c3)ccc12. The van der Waals surface area contributed by atoms with Gasteiger partial charge in [0.1, 0.15) is 5.58 Å².